The van der Waals surface area contributed by atoms with Crippen LogP contribution in [0.25, 0.3) is 6.08 Å². The van der Waals surface area contributed by atoms with Gasteiger partial charge < -0.3 is 10.1 Å². The molecule has 1 heterocycles. The standard InChI is InChI=1S/C19H15ClN2O2S/c20-16-6-1-14(2-7-16)5-10-18(23)22-13-15-3-8-17(9-4-15)24-19-21-11-12-25-19/h1-12H,13H2,(H,22,23)/b10-5+. The second kappa shape index (κ2) is 8.46. The molecule has 0 aliphatic carbocycles. The smallest absolute Gasteiger partial charge is 0.278 e. The number of hydrogen-bond acceptors (Lipinski definition) is 4. The van der Waals surface area contributed by atoms with Gasteiger partial charge in [-0.15, -0.1) is 0 Å². The Kier molecular flexibility index (Phi) is 5.82. The summed E-state index contributed by atoms with van der Waals surface area (Å²) in [6, 6.07) is 14.8. The zero-order chi connectivity index (χ0) is 17.5. The Bertz CT molecular complexity index is 844. The van der Waals surface area contributed by atoms with Crippen LogP contribution in [0.2, 0.25) is 5.02 Å². The minimum atomic E-state index is -0.155. The lowest BCUT2D eigenvalue weighted by Gasteiger charge is -2.05. The van der Waals surface area contributed by atoms with Crippen molar-refractivity contribution in [3.8, 4) is 10.9 Å². The molecule has 0 radical (unpaired) electrons. The number of aromatic nitrogens is 1. The summed E-state index contributed by atoms with van der Waals surface area (Å²) in [7, 11) is 0. The van der Waals surface area contributed by atoms with Gasteiger partial charge in [0.05, 0.1) is 0 Å². The molecule has 126 valence electrons. The van der Waals surface area contributed by atoms with E-state index in [1.165, 1.54) is 17.4 Å². The van der Waals surface area contributed by atoms with Gasteiger partial charge in [0.2, 0.25) is 5.91 Å². The number of nitrogens with zero attached hydrogens (tertiary/aromatic N) is 1. The van der Waals surface area contributed by atoms with E-state index in [9.17, 15) is 4.79 Å². The van der Waals surface area contributed by atoms with Crippen molar-refractivity contribution < 1.29 is 9.53 Å². The van der Waals surface area contributed by atoms with Gasteiger partial charge in [-0.05, 0) is 41.5 Å². The van der Waals surface area contributed by atoms with E-state index >= 15 is 0 Å². The van der Waals surface area contributed by atoms with E-state index in [0.717, 1.165) is 11.1 Å². The fraction of sp³-hybridized carbons (Fsp3) is 0.0526. The van der Waals surface area contributed by atoms with Crippen LogP contribution in [0.5, 0.6) is 10.9 Å². The van der Waals surface area contributed by atoms with Crippen LogP contribution in [0.15, 0.2) is 66.2 Å². The van der Waals surface area contributed by atoms with E-state index in [1.54, 1.807) is 24.4 Å². The number of hydrogen-bond donors (Lipinski definition) is 1. The van der Waals surface area contributed by atoms with Crippen molar-refractivity contribution in [2.24, 2.45) is 0 Å². The highest BCUT2D eigenvalue weighted by Gasteiger charge is 2.01. The van der Waals surface area contributed by atoms with Gasteiger partial charge in [-0.1, -0.05) is 47.2 Å². The Labute approximate surface area is 154 Å². The summed E-state index contributed by atoms with van der Waals surface area (Å²) < 4.78 is 5.59. The van der Waals surface area contributed by atoms with Gasteiger partial charge in [0, 0.05) is 29.2 Å². The maximum atomic E-state index is 11.9. The molecule has 0 bridgehead atoms. The van der Waals surface area contributed by atoms with Crippen molar-refractivity contribution in [3.63, 3.8) is 0 Å². The SMILES string of the molecule is O=C(/C=C/c1ccc(Cl)cc1)NCc1ccc(Oc2nccs2)cc1. The largest absolute Gasteiger partial charge is 0.431 e. The Morgan fingerprint density at radius 1 is 1.16 bits per heavy atom. The number of ether oxygens (including phenoxy) is 1. The number of thiazole rings is 1. The number of amides is 1. The molecule has 0 unspecified atom stereocenters. The van der Waals surface area contributed by atoms with Crippen LogP contribution < -0.4 is 10.1 Å². The van der Waals surface area contributed by atoms with Gasteiger partial charge in [-0.25, -0.2) is 4.98 Å². The van der Waals surface area contributed by atoms with Crippen molar-refractivity contribution >= 4 is 34.9 Å². The van der Waals surface area contributed by atoms with E-state index in [2.05, 4.69) is 10.3 Å². The summed E-state index contributed by atoms with van der Waals surface area (Å²) in [5.41, 5.74) is 1.91. The third-order valence-corrected chi connectivity index (χ3v) is 4.20. The quantitative estimate of drug-likeness (QED) is 0.626. The highest BCUT2D eigenvalue weighted by atomic mass is 35.5. The monoisotopic (exact) mass is 370 g/mol. The molecule has 0 aliphatic heterocycles. The highest BCUT2D eigenvalue weighted by Crippen LogP contribution is 2.23. The van der Waals surface area contributed by atoms with Crippen LogP contribution in [0.3, 0.4) is 0 Å². The van der Waals surface area contributed by atoms with E-state index in [4.69, 9.17) is 16.3 Å². The van der Waals surface area contributed by atoms with Crippen LogP contribution in [0.1, 0.15) is 11.1 Å². The molecule has 0 atom stereocenters. The predicted octanol–water partition coefficient (Wildman–Crippen LogP) is 4.92. The topological polar surface area (TPSA) is 51.2 Å². The number of rotatable bonds is 6. The second-order valence-electron chi connectivity index (χ2n) is 5.15. The first-order valence-corrected chi connectivity index (χ1v) is 8.82. The highest BCUT2D eigenvalue weighted by molar-refractivity contribution is 7.11. The molecule has 2 aromatic carbocycles. The van der Waals surface area contributed by atoms with Crippen LogP contribution in [-0.2, 0) is 11.3 Å². The normalized spacial score (nSPS) is 10.8. The summed E-state index contributed by atoms with van der Waals surface area (Å²) in [4.78, 5) is 15.9. The summed E-state index contributed by atoms with van der Waals surface area (Å²) >= 11 is 7.26. The summed E-state index contributed by atoms with van der Waals surface area (Å²) in [5, 5.41) is 5.98. The molecule has 1 aromatic heterocycles. The summed E-state index contributed by atoms with van der Waals surface area (Å²) in [5.74, 6) is 0.561. The maximum absolute atomic E-state index is 11.9. The van der Waals surface area contributed by atoms with E-state index in [0.29, 0.717) is 22.5 Å². The van der Waals surface area contributed by atoms with Crippen LogP contribution in [-0.4, -0.2) is 10.9 Å². The second-order valence-corrected chi connectivity index (χ2v) is 6.44. The number of benzene rings is 2. The Hall–Kier alpha value is -2.63. The van der Waals surface area contributed by atoms with E-state index in [1.807, 2.05) is 41.8 Å². The predicted molar refractivity (Wildman–Crippen MR) is 101 cm³/mol. The number of halogens is 1. The van der Waals surface area contributed by atoms with E-state index in [-0.39, 0.29) is 5.91 Å². The molecule has 3 aromatic rings. The molecule has 0 saturated heterocycles. The number of carbonyl (C=O) groups excluding carboxylic acids is 1. The molecule has 3 rings (SSSR count). The van der Waals surface area contributed by atoms with Gasteiger partial charge in [0.15, 0.2) is 0 Å². The van der Waals surface area contributed by atoms with Gasteiger partial charge in [0.1, 0.15) is 5.75 Å². The molecule has 0 aliphatic rings. The number of nitrogens with one attached hydrogen (secondary N) is 1. The van der Waals surface area contributed by atoms with Crippen LogP contribution >= 0.6 is 22.9 Å². The molecule has 25 heavy (non-hydrogen) atoms. The van der Waals surface area contributed by atoms with Gasteiger partial charge >= 0.3 is 0 Å². The van der Waals surface area contributed by atoms with Crippen molar-refractivity contribution in [2.45, 2.75) is 6.54 Å². The van der Waals surface area contributed by atoms with Crippen molar-refractivity contribution in [1.29, 1.82) is 0 Å². The average molecular weight is 371 g/mol. The van der Waals surface area contributed by atoms with Crippen molar-refractivity contribution in [1.82, 2.24) is 10.3 Å². The van der Waals surface area contributed by atoms with Crippen molar-refractivity contribution in [2.75, 3.05) is 0 Å². The molecule has 0 spiro atoms. The van der Waals surface area contributed by atoms with Crippen LogP contribution in [0, 0.1) is 0 Å². The lowest BCUT2D eigenvalue weighted by atomic mass is 10.2. The molecule has 6 heteroatoms. The zero-order valence-corrected chi connectivity index (χ0v) is 14.8. The van der Waals surface area contributed by atoms with Gasteiger partial charge in [-0.3, -0.25) is 4.79 Å². The average Bonchev–Trinajstić information content (AvgIpc) is 3.14. The fourth-order valence-electron chi connectivity index (χ4n) is 2.03. The first-order valence-electron chi connectivity index (χ1n) is 7.57. The van der Waals surface area contributed by atoms with Crippen LogP contribution in [0.4, 0.5) is 0 Å². The molecular weight excluding hydrogens is 356 g/mol. The Balaban J connectivity index is 1.49. The third-order valence-electron chi connectivity index (χ3n) is 3.30. The summed E-state index contributed by atoms with van der Waals surface area (Å²) in [6.45, 7) is 0.446. The van der Waals surface area contributed by atoms with E-state index < -0.39 is 0 Å². The Morgan fingerprint density at radius 2 is 1.92 bits per heavy atom. The Morgan fingerprint density at radius 3 is 2.60 bits per heavy atom. The first kappa shape index (κ1) is 17.2. The zero-order valence-electron chi connectivity index (χ0n) is 13.2. The molecule has 1 N–H and O–H groups in total. The minimum Gasteiger partial charge on any atom is -0.431 e. The first-order chi connectivity index (χ1) is 12.2. The lowest BCUT2D eigenvalue weighted by molar-refractivity contribution is -0.116. The summed E-state index contributed by atoms with van der Waals surface area (Å²) in [6.07, 6.45) is 4.95. The minimum absolute atomic E-state index is 0.155. The maximum Gasteiger partial charge on any atom is 0.278 e. The fourth-order valence-corrected chi connectivity index (χ4v) is 2.66. The lowest BCUT2D eigenvalue weighted by Crippen LogP contribution is -2.20. The third kappa shape index (κ3) is 5.45. The number of carbonyl (C=O) groups is 1. The van der Waals surface area contributed by atoms with Gasteiger partial charge in [-0.2, -0.15) is 0 Å². The molecule has 1 amide bonds. The molecule has 0 fully saturated rings. The van der Waals surface area contributed by atoms with Gasteiger partial charge in [0.25, 0.3) is 5.19 Å². The molecule has 4 nitrogen and oxygen atoms in total. The van der Waals surface area contributed by atoms with Crippen molar-refractivity contribution in [3.05, 3.63) is 82.3 Å². The molecular formula is C19H15ClN2O2S. The molecule has 0 saturated carbocycles.